The molecule has 1 heterocycles. The first kappa shape index (κ1) is 17.5. The average Bonchev–Trinajstić information content (AvgIpc) is 3.00. The van der Waals surface area contributed by atoms with E-state index in [0.29, 0.717) is 0 Å². The van der Waals surface area contributed by atoms with Crippen molar-refractivity contribution in [2.45, 2.75) is 0 Å². The van der Waals surface area contributed by atoms with Crippen LogP contribution >= 0.6 is 11.6 Å². The molecule has 2 N–H and O–H groups in total. The second-order valence-corrected chi connectivity index (χ2v) is 9.48. The van der Waals surface area contributed by atoms with Crippen LogP contribution in [0, 0.1) is 3.57 Å². The van der Waals surface area contributed by atoms with Gasteiger partial charge in [0.1, 0.15) is 0 Å². The van der Waals surface area contributed by atoms with E-state index in [4.69, 9.17) is 17.3 Å². The zero-order valence-corrected chi connectivity index (χ0v) is 17.7. The van der Waals surface area contributed by atoms with Crippen molar-refractivity contribution in [3.63, 3.8) is 0 Å². The Morgan fingerprint density at radius 3 is 2.29 bits per heavy atom. The predicted octanol–water partition coefficient (Wildman–Crippen LogP) is 2.85. The maximum absolute atomic E-state index is 5.85. The third-order valence-electron chi connectivity index (χ3n) is 4.74. The van der Waals surface area contributed by atoms with Gasteiger partial charge in [-0.3, -0.25) is 0 Å². The maximum atomic E-state index is 5.85. The first-order valence-electron chi connectivity index (χ1n) is 8.87. The van der Waals surface area contributed by atoms with Crippen molar-refractivity contribution in [1.29, 1.82) is 0 Å². The van der Waals surface area contributed by atoms with Gasteiger partial charge < -0.3 is 0 Å². The second-order valence-electron chi connectivity index (χ2n) is 6.48. The molecule has 0 aliphatic carbocycles. The summed E-state index contributed by atoms with van der Waals surface area (Å²) in [6, 6.07) is 29.8. The molecule has 0 saturated heterocycles. The summed E-state index contributed by atoms with van der Waals surface area (Å²) in [6.07, 6.45) is 0. The van der Waals surface area contributed by atoms with E-state index < -0.39 is 21.5 Å². The summed E-state index contributed by atoms with van der Waals surface area (Å²) in [5.41, 5.74) is 8.98. The van der Waals surface area contributed by atoms with Gasteiger partial charge in [-0.1, -0.05) is 0 Å². The van der Waals surface area contributed by atoms with Crippen molar-refractivity contribution >= 4 is 55.2 Å². The number of rotatable bonds is 3. The predicted molar refractivity (Wildman–Crippen MR) is 115 cm³/mol. The number of benzene rings is 4. The molecule has 0 atom stereocenters. The third kappa shape index (κ3) is 3.02. The van der Waals surface area contributed by atoms with E-state index in [-0.39, 0.29) is 5.29 Å². The van der Waals surface area contributed by atoms with Crippen molar-refractivity contribution in [2.75, 3.05) is 0 Å². The van der Waals surface area contributed by atoms with Gasteiger partial charge in [0.2, 0.25) is 0 Å². The molecule has 0 radical (unpaired) electrons. The molecular formula is C23H16ClIN3-. The number of nitrogens with zero attached hydrogens (tertiary/aromatic N) is 2. The first-order valence-corrected chi connectivity index (χ1v) is 11.3. The molecule has 4 aromatic carbocycles. The molecule has 0 aliphatic heterocycles. The number of fused-ring (bicyclic) bond motifs is 4. The summed E-state index contributed by atoms with van der Waals surface area (Å²) in [5, 5.41) is 5.13. The molecule has 0 spiro atoms. The number of nitrogens with two attached hydrogens (primary N) is 1. The monoisotopic (exact) mass is 496 g/mol. The third-order valence-corrected chi connectivity index (χ3v) is 7.77. The number of aromatic nitrogens is 1. The van der Waals surface area contributed by atoms with Crippen LogP contribution < -0.4 is 27.2 Å². The number of halogens is 2. The zero-order chi connectivity index (χ0) is 19.1. The average molecular weight is 497 g/mol. The normalized spacial score (nSPS) is 12.4. The van der Waals surface area contributed by atoms with Crippen LogP contribution in [0.5, 0.6) is 0 Å². The van der Waals surface area contributed by atoms with Gasteiger partial charge in [0.25, 0.3) is 0 Å². The van der Waals surface area contributed by atoms with Crippen LogP contribution in [0.3, 0.4) is 0 Å². The summed E-state index contributed by atoms with van der Waals surface area (Å²) >= 11 is 5.30. The summed E-state index contributed by atoms with van der Waals surface area (Å²) < 4.78 is 3.63. The molecule has 0 bridgehead atoms. The van der Waals surface area contributed by atoms with Crippen molar-refractivity contribution in [1.82, 2.24) is 2.78 Å². The van der Waals surface area contributed by atoms with Crippen LogP contribution in [0.4, 0.5) is 5.69 Å². The van der Waals surface area contributed by atoms with Gasteiger partial charge in [-0.05, 0) is 0 Å². The van der Waals surface area contributed by atoms with Crippen molar-refractivity contribution in [3.05, 3.63) is 88.5 Å². The molecule has 138 valence electrons. The Morgan fingerprint density at radius 2 is 1.46 bits per heavy atom. The van der Waals surface area contributed by atoms with Gasteiger partial charge in [0.05, 0.1) is 0 Å². The Kier molecular flexibility index (Phi) is 4.45. The van der Waals surface area contributed by atoms with Crippen LogP contribution in [0.1, 0.15) is 0 Å². The molecule has 1 aromatic heterocycles. The molecule has 0 unspecified atom stereocenters. The van der Waals surface area contributed by atoms with E-state index in [0.717, 1.165) is 5.69 Å². The molecule has 0 amide bonds. The molecule has 28 heavy (non-hydrogen) atoms. The molecule has 0 fully saturated rings. The number of hydrogen-bond acceptors (Lipinski definition) is 1. The fourth-order valence-electron chi connectivity index (χ4n) is 3.52. The van der Waals surface area contributed by atoms with Crippen molar-refractivity contribution < 1.29 is 21.5 Å². The summed E-state index contributed by atoms with van der Waals surface area (Å²) in [7, 11) is 0. The van der Waals surface area contributed by atoms with E-state index in [1.54, 1.807) is 0 Å². The molecule has 5 aromatic rings. The Balaban J connectivity index is 1.79. The van der Waals surface area contributed by atoms with Gasteiger partial charge in [-0.2, -0.15) is 0 Å². The molecule has 5 rings (SSSR count). The molecule has 3 nitrogen and oxygen atoms in total. The summed E-state index contributed by atoms with van der Waals surface area (Å²) in [4.78, 5) is 4.32. The van der Waals surface area contributed by atoms with Gasteiger partial charge in [0, 0.05) is 0 Å². The van der Waals surface area contributed by atoms with Crippen LogP contribution in [-0.4, -0.2) is 8.08 Å². The zero-order valence-electron chi connectivity index (χ0n) is 14.8. The molecular weight excluding hydrogens is 481 g/mol. The first-order chi connectivity index (χ1) is 13.7. The van der Waals surface area contributed by atoms with E-state index in [1.165, 1.54) is 36.1 Å². The number of hydrogen-bond donors (Lipinski definition) is 1. The fourth-order valence-corrected chi connectivity index (χ4v) is 6.39. The van der Waals surface area contributed by atoms with Crippen molar-refractivity contribution in [2.24, 2.45) is 10.7 Å². The SMILES string of the molecule is NC(Cl)=Nc1ccccc1[I-]n1c2ccccc2c2cc3ccccc3cc21. The van der Waals surface area contributed by atoms with E-state index in [2.05, 4.69) is 74.5 Å². The van der Waals surface area contributed by atoms with Gasteiger partial charge in [-0.15, -0.1) is 0 Å². The summed E-state index contributed by atoms with van der Waals surface area (Å²) in [6.45, 7) is 0. The van der Waals surface area contributed by atoms with E-state index in [9.17, 15) is 0 Å². The Bertz CT molecular complexity index is 1370. The Hall–Kier alpha value is -2.57. The van der Waals surface area contributed by atoms with Crippen LogP contribution in [-0.2, 0) is 0 Å². The molecule has 5 heteroatoms. The minimum absolute atomic E-state index is 0.0599. The topological polar surface area (TPSA) is 43.3 Å². The molecule has 0 aliphatic rings. The number of amidine groups is 1. The summed E-state index contributed by atoms with van der Waals surface area (Å²) in [5.74, 6) is 0. The van der Waals surface area contributed by atoms with E-state index in [1.807, 2.05) is 18.2 Å². The van der Waals surface area contributed by atoms with Gasteiger partial charge in [-0.25, -0.2) is 0 Å². The van der Waals surface area contributed by atoms with Crippen molar-refractivity contribution in [3.8, 4) is 0 Å². The van der Waals surface area contributed by atoms with Crippen LogP contribution in [0.25, 0.3) is 32.6 Å². The number of aliphatic imine (C=N–C) groups is 1. The molecule has 0 saturated carbocycles. The van der Waals surface area contributed by atoms with Gasteiger partial charge >= 0.3 is 179 Å². The van der Waals surface area contributed by atoms with Gasteiger partial charge in [0.15, 0.2) is 0 Å². The Labute approximate surface area is 178 Å². The van der Waals surface area contributed by atoms with E-state index >= 15 is 0 Å². The van der Waals surface area contributed by atoms with Crippen LogP contribution in [0.2, 0.25) is 0 Å². The van der Waals surface area contributed by atoms with Crippen LogP contribution in [0.15, 0.2) is 89.9 Å². The Morgan fingerprint density at radius 1 is 0.786 bits per heavy atom. The standard InChI is InChI=1S/C23H16ClIN3/c24-23(26)27-20-11-5-4-10-19(20)25-28-21-12-6-3-9-17(21)18-13-15-7-1-2-8-16(15)14-22(18)28/h1-14H,(H2,26,27)/q-1. The minimum atomic E-state index is -0.553. The quantitative estimate of drug-likeness (QED) is 0.178. The second kappa shape index (κ2) is 7.11. The fraction of sp³-hybridized carbons (Fsp3) is 0. The number of para-hydroxylation sites is 2.